The molecule has 5 rings (SSSR count). The molecule has 0 radical (unpaired) electrons. The quantitative estimate of drug-likeness (QED) is 0.126. The fourth-order valence-corrected chi connectivity index (χ4v) is 8.13. The molecule has 1 saturated carbocycles. The highest BCUT2D eigenvalue weighted by Crippen LogP contribution is 2.33. The van der Waals surface area contributed by atoms with Crippen LogP contribution in [0, 0.1) is 0 Å². The first-order valence-electron chi connectivity index (χ1n) is 16.5. The Balaban J connectivity index is 1.59. The number of hydrogen-bond acceptors (Lipinski definition) is 6. The van der Waals surface area contributed by atoms with E-state index in [1.165, 1.54) is 16.7 Å². The van der Waals surface area contributed by atoms with Crippen LogP contribution < -0.4 is 14.4 Å². The zero-order chi connectivity index (χ0) is 34.8. The summed E-state index contributed by atoms with van der Waals surface area (Å²) < 4.78 is 36.8. The van der Waals surface area contributed by atoms with Crippen molar-refractivity contribution in [2.45, 2.75) is 67.4 Å². The lowest BCUT2D eigenvalue weighted by Crippen LogP contribution is -2.54. The zero-order valence-corrected chi connectivity index (χ0v) is 31.0. The maximum Gasteiger partial charge on any atom is 0.264 e. The number of amides is 2. The van der Waals surface area contributed by atoms with E-state index in [0.29, 0.717) is 12.4 Å². The Hall–Kier alpha value is -3.80. The van der Waals surface area contributed by atoms with Crippen LogP contribution in [0.25, 0.3) is 0 Å². The van der Waals surface area contributed by atoms with E-state index >= 15 is 0 Å². The van der Waals surface area contributed by atoms with Gasteiger partial charge in [0.05, 0.1) is 17.2 Å². The fraction of sp³-hybridized carbons (Fsp3) is 0.316. The molecule has 1 N–H and O–H groups in total. The molecule has 0 spiro atoms. The second kappa shape index (κ2) is 17.2. The monoisotopic (exact) mass is 763 g/mol. The highest BCUT2D eigenvalue weighted by atomic mass is 79.9. The third-order valence-electron chi connectivity index (χ3n) is 8.60. The van der Waals surface area contributed by atoms with E-state index in [1.54, 1.807) is 48.5 Å². The topological polar surface area (TPSA) is 96.0 Å². The summed E-state index contributed by atoms with van der Waals surface area (Å²) in [5.74, 6) is -0.430. The minimum absolute atomic E-state index is 0.0367. The summed E-state index contributed by atoms with van der Waals surface area (Å²) in [5, 5.41) is 3.21. The van der Waals surface area contributed by atoms with E-state index in [-0.39, 0.29) is 35.5 Å². The van der Waals surface area contributed by atoms with Gasteiger partial charge in [0.15, 0.2) is 0 Å². The van der Waals surface area contributed by atoms with Crippen LogP contribution in [-0.2, 0) is 32.6 Å². The molecule has 258 valence electrons. The Morgan fingerprint density at radius 3 is 2.20 bits per heavy atom. The first-order chi connectivity index (χ1) is 23.7. The van der Waals surface area contributed by atoms with Crippen molar-refractivity contribution in [3.63, 3.8) is 0 Å². The van der Waals surface area contributed by atoms with Gasteiger partial charge in [0.25, 0.3) is 10.0 Å². The molecule has 1 fully saturated rings. The molecule has 0 aliphatic heterocycles. The molecule has 11 heteroatoms. The molecule has 4 aromatic carbocycles. The maximum absolute atomic E-state index is 14.8. The van der Waals surface area contributed by atoms with Crippen LogP contribution in [-0.4, -0.2) is 56.6 Å². The van der Waals surface area contributed by atoms with Gasteiger partial charge in [-0.2, -0.15) is 0 Å². The average Bonchev–Trinajstić information content (AvgIpc) is 3.63. The summed E-state index contributed by atoms with van der Waals surface area (Å²) in [4.78, 5) is 31.5. The van der Waals surface area contributed by atoms with Gasteiger partial charge in [0.2, 0.25) is 11.8 Å². The molecule has 1 unspecified atom stereocenters. The molecular weight excluding hydrogens is 722 g/mol. The van der Waals surface area contributed by atoms with Crippen molar-refractivity contribution in [1.29, 1.82) is 0 Å². The number of anilines is 1. The second-order valence-corrected chi connectivity index (χ2v) is 15.6. The second-order valence-electron chi connectivity index (χ2n) is 11.9. The van der Waals surface area contributed by atoms with Crippen LogP contribution in [0.4, 0.5) is 5.69 Å². The van der Waals surface area contributed by atoms with Crippen LogP contribution >= 0.6 is 27.7 Å². The average molecular weight is 765 g/mol. The SMILES string of the molecule is CCOc1ccccc1N(CC(=O)N(Cc1ccc(Br)cc1)C(Cc1ccccc1)C(=O)NC1CCCC1)S(=O)(=O)c1ccc(SC)cc1. The molecule has 49 heavy (non-hydrogen) atoms. The van der Waals surface area contributed by atoms with E-state index < -0.39 is 28.5 Å². The lowest BCUT2D eigenvalue weighted by atomic mass is 10.0. The molecule has 0 saturated heterocycles. The van der Waals surface area contributed by atoms with E-state index in [0.717, 1.165) is 50.5 Å². The number of rotatable bonds is 15. The number of halogens is 1. The summed E-state index contributed by atoms with van der Waals surface area (Å²) in [7, 11) is -4.26. The largest absolute Gasteiger partial charge is 0.492 e. The van der Waals surface area contributed by atoms with E-state index in [2.05, 4.69) is 21.2 Å². The molecule has 2 amide bonds. The van der Waals surface area contributed by atoms with Crippen molar-refractivity contribution in [2.75, 3.05) is 23.7 Å². The molecule has 4 aromatic rings. The van der Waals surface area contributed by atoms with Crippen molar-refractivity contribution in [1.82, 2.24) is 10.2 Å². The third-order valence-corrected chi connectivity index (χ3v) is 11.6. The van der Waals surface area contributed by atoms with Gasteiger partial charge in [-0.15, -0.1) is 11.8 Å². The van der Waals surface area contributed by atoms with Crippen molar-refractivity contribution in [2.24, 2.45) is 0 Å². The molecular formula is C38H42BrN3O5S2. The highest BCUT2D eigenvalue weighted by molar-refractivity contribution is 9.10. The summed E-state index contributed by atoms with van der Waals surface area (Å²) in [6, 6.07) is 29.7. The number of thioether (sulfide) groups is 1. The van der Waals surface area contributed by atoms with E-state index in [1.807, 2.05) is 67.8 Å². The minimum Gasteiger partial charge on any atom is -0.492 e. The van der Waals surface area contributed by atoms with Crippen LogP contribution in [0.1, 0.15) is 43.7 Å². The van der Waals surface area contributed by atoms with E-state index in [9.17, 15) is 18.0 Å². The number of para-hydroxylation sites is 2. The highest BCUT2D eigenvalue weighted by Gasteiger charge is 2.36. The van der Waals surface area contributed by atoms with Gasteiger partial charge in [-0.1, -0.05) is 83.4 Å². The molecule has 1 aliphatic rings. The molecule has 8 nitrogen and oxygen atoms in total. The number of nitrogens with zero attached hydrogens (tertiary/aromatic N) is 2. The number of hydrogen-bond donors (Lipinski definition) is 1. The maximum atomic E-state index is 14.8. The summed E-state index contributed by atoms with van der Waals surface area (Å²) in [6.07, 6.45) is 6.04. The van der Waals surface area contributed by atoms with Crippen molar-refractivity contribution < 1.29 is 22.7 Å². The molecule has 0 aromatic heterocycles. The Morgan fingerprint density at radius 1 is 0.898 bits per heavy atom. The minimum atomic E-state index is -4.26. The Bertz CT molecular complexity index is 1800. The normalized spacial score (nSPS) is 13.9. The van der Waals surface area contributed by atoms with Gasteiger partial charge in [0, 0.05) is 28.4 Å². The Morgan fingerprint density at radius 2 is 1.55 bits per heavy atom. The van der Waals surface area contributed by atoms with Crippen LogP contribution in [0.5, 0.6) is 5.75 Å². The standard InChI is InChI=1S/C38H42BrN3O5S2/c1-3-47-36-16-10-9-15-34(36)42(49(45,46)33-23-21-32(48-2)22-24-33)27-37(43)41(26-29-17-19-30(39)20-18-29)35(25-28-11-5-4-6-12-28)38(44)40-31-13-7-8-14-31/h4-6,9-12,15-24,31,35H,3,7-8,13-14,25-27H2,1-2H3,(H,40,44). The van der Waals surface area contributed by atoms with Crippen molar-refractivity contribution >= 4 is 55.2 Å². The number of ether oxygens (including phenoxy) is 1. The first-order valence-corrected chi connectivity index (χ1v) is 19.9. The van der Waals surface area contributed by atoms with Gasteiger partial charge < -0.3 is 15.0 Å². The fourth-order valence-electron chi connectivity index (χ4n) is 6.04. The predicted molar refractivity (Wildman–Crippen MR) is 199 cm³/mol. The number of nitrogens with one attached hydrogen (secondary N) is 1. The van der Waals surface area contributed by atoms with Crippen LogP contribution in [0.3, 0.4) is 0 Å². The predicted octanol–water partition coefficient (Wildman–Crippen LogP) is 7.46. The lowest BCUT2D eigenvalue weighted by molar-refractivity contribution is -0.140. The van der Waals surface area contributed by atoms with Gasteiger partial charge >= 0.3 is 0 Å². The van der Waals surface area contributed by atoms with Crippen molar-refractivity contribution in [3.05, 3.63) is 119 Å². The van der Waals surface area contributed by atoms with Crippen LogP contribution in [0.2, 0.25) is 0 Å². The molecule has 0 heterocycles. The third kappa shape index (κ3) is 9.46. The molecule has 0 bridgehead atoms. The summed E-state index contributed by atoms with van der Waals surface area (Å²) >= 11 is 4.99. The first kappa shape index (κ1) is 36.5. The number of carbonyl (C=O) groups is 2. The zero-order valence-electron chi connectivity index (χ0n) is 27.8. The summed E-state index contributed by atoms with van der Waals surface area (Å²) in [6.45, 7) is 1.68. The number of carbonyl (C=O) groups excluding carboxylic acids is 2. The lowest BCUT2D eigenvalue weighted by Gasteiger charge is -2.34. The Labute approximate surface area is 302 Å². The van der Waals surface area contributed by atoms with Gasteiger partial charge in [0.1, 0.15) is 18.3 Å². The van der Waals surface area contributed by atoms with Gasteiger partial charge in [-0.3, -0.25) is 13.9 Å². The molecule has 1 aliphatic carbocycles. The number of benzene rings is 4. The summed E-state index contributed by atoms with van der Waals surface area (Å²) in [5.41, 5.74) is 1.94. The van der Waals surface area contributed by atoms with Crippen LogP contribution in [0.15, 0.2) is 117 Å². The number of sulfonamides is 1. The van der Waals surface area contributed by atoms with Gasteiger partial charge in [-0.25, -0.2) is 8.42 Å². The smallest absolute Gasteiger partial charge is 0.264 e. The Kier molecular flexibility index (Phi) is 12.8. The van der Waals surface area contributed by atoms with Gasteiger partial charge in [-0.05, 0) is 85.7 Å². The van der Waals surface area contributed by atoms with Crippen molar-refractivity contribution in [3.8, 4) is 5.75 Å². The molecule has 1 atom stereocenters. The van der Waals surface area contributed by atoms with E-state index in [4.69, 9.17) is 4.74 Å².